The maximum atomic E-state index is 11.0. The minimum Gasteiger partial charge on any atom is -0.277 e. The minimum atomic E-state index is -0.112. The van der Waals surface area contributed by atoms with Crippen molar-refractivity contribution >= 4 is 29.3 Å². The van der Waals surface area contributed by atoms with Crippen molar-refractivity contribution in [2.45, 2.75) is 11.3 Å². The van der Waals surface area contributed by atoms with Gasteiger partial charge in [0.15, 0.2) is 0 Å². The van der Waals surface area contributed by atoms with Gasteiger partial charge in [-0.15, -0.1) is 11.8 Å². The molecule has 0 saturated heterocycles. The first kappa shape index (κ1) is 12.4. The smallest absolute Gasteiger partial charge is 0.244 e. The van der Waals surface area contributed by atoms with Crippen LogP contribution in [0.3, 0.4) is 0 Å². The minimum absolute atomic E-state index is 0.112. The van der Waals surface area contributed by atoms with Gasteiger partial charge >= 0.3 is 0 Å². The molecule has 82 valence electrons. The molecule has 1 aromatic carbocycles. The summed E-state index contributed by atoms with van der Waals surface area (Å²) in [7, 11) is 1.42. The standard InChI is InChI=1S/C10H12ClNO2S/c1-14-12-10(13)6-7-15-9-4-2-8(11)3-5-9/h2-5H,6-7H2,1H3,(H,12,13). The van der Waals surface area contributed by atoms with Gasteiger partial charge in [-0.25, -0.2) is 5.48 Å². The molecule has 1 aromatic rings. The summed E-state index contributed by atoms with van der Waals surface area (Å²) in [6.45, 7) is 0. The van der Waals surface area contributed by atoms with Crippen LogP contribution in [-0.2, 0) is 9.63 Å². The Morgan fingerprint density at radius 2 is 2.13 bits per heavy atom. The number of nitrogens with one attached hydrogen (secondary N) is 1. The van der Waals surface area contributed by atoms with E-state index in [1.807, 2.05) is 24.3 Å². The van der Waals surface area contributed by atoms with Gasteiger partial charge in [-0.3, -0.25) is 9.63 Å². The third-order valence-electron chi connectivity index (χ3n) is 1.63. The average Bonchev–Trinajstić information content (AvgIpc) is 2.21. The molecule has 15 heavy (non-hydrogen) atoms. The molecule has 0 atom stereocenters. The third-order valence-corrected chi connectivity index (χ3v) is 2.89. The highest BCUT2D eigenvalue weighted by Gasteiger charge is 2.00. The molecule has 0 unspecified atom stereocenters. The second kappa shape index (κ2) is 6.71. The van der Waals surface area contributed by atoms with E-state index in [1.54, 1.807) is 11.8 Å². The summed E-state index contributed by atoms with van der Waals surface area (Å²) in [5, 5.41) is 0.719. The molecule has 1 N–H and O–H groups in total. The molecule has 0 heterocycles. The van der Waals surface area contributed by atoms with Gasteiger partial charge in [0.1, 0.15) is 0 Å². The van der Waals surface area contributed by atoms with E-state index < -0.39 is 0 Å². The highest BCUT2D eigenvalue weighted by molar-refractivity contribution is 7.99. The van der Waals surface area contributed by atoms with Crippen LogP contribution in [0, 0.1) is 0 Å². The number of carbonyl (C=O) groups excluding carboxylic acids is 1. The molecule has 0 aliphatic rings. The van der Waals surface area contributed by atoms with Gasteiger partial charge in [0.2, 0.25) is 5.91 Å². The molecule has 0 saturated carbocycles. The first-order valence-electron chi connectivity index (χ1n) is 4.42. The first-order valence-corrected chi connectivity index (χ1v) is 5.79. The van der Waals surface area contributed by atoms with Crippen LogP contribution in [0.25, 0.3) is 0 Å². The number of rotatable bonds is 5. The highest BCUT2D eigenvalue weighted by atomic mass is 35.5. The van der Waals surface area contributed by atoms with Crippen LogP contribution in [0.4, 0.5) is 0 Å². The number of hydroxylamine groups is 1. The topological polar surface area (TPSA) is 38.3 Å². The molecule has 5 heteroatoms. The van der Waals surface area contributed by atoms with Crippen molar-refractivity contribution < 1.29 is 9.63 Å². The zero-order valence-electron chi connectivity index (χ0n) is 8.33. The molecule has 1 amide bonds. The maximum Gasteiger partial charge on any atom is 0.244 e. The average molecular weight is 246 g/mol. The number of benzene rings is 1. The fraction of sp³-hybridized carbons (Fsp3) is 0.300. The predicted molar refractivity (Wildman–Crippen MR) is 61.9 cm³/mol. The van der Waals surface area contributed by atoms with E-state index in [4.69, 9.17) is 11.6 Å². The summed E-state index contributed by atoms with van der Waals surface area (Å²) in [4.78, 5) is 16.6. The van der Waals surface area contributed by atoms with Crippen molar-refractivity contribution in [3.05, 3.63) is 29.3 Å². The van der Waals surface area contributed by atoms with E-state index in [9.17, 15) is 4.79 Å². The van der Waals surface area contributed by atoms with E-state index in [2.05, 4.69) is 10.3 Å². The van der Waals surface area contributed by atoms with E-state index in [-0.39, 0.29) is 5.91 Å². The highest BCUT2D eigenvalue weighted by Crippen LogP contribution is 2.20. The number of amides is 1. The summed E-state index contributed by atoms with van der Waals surface area (Å²) in [5.41, 5.74) is 2.27. The fourth-order valence-electron chi connectivity index (χ4n) is 0.957. The quantitative estimate of drug-likeness (QED) is 0.640. The lowest BCUT2D eigenvalue weighted by Crippen LogP contribution is -2.21. The normalized spacial score (nSPS) is 10.0. The van der Waals surface area contributed by atoms with E-state index >= 15 is 0 Å². The number of thioether (sulfide) groups is 1. The number of hydrogen-bond donors (Lipinski definition) is 1. The van der Waals surface area contributed by atoms with Crippen LogP contribution in [0.5, 0.6) is 0 Å². The van der Waals surface area contributed by atoms with Crippen molar-refractivity contribution in [3.63, 3.8) is 0 Å². The van der Waals surface area contributed by atoms with Crippen LogP contribution in [0.1, 0.15) is 6.42 Å². The third kappa shape index (κ3) is 5.06. The Balaban J connectivity index is 2.26. The van der Waals surface area contributed by atoms with E-state index in [0.29, 0.717) is 6.42 Å². The second-order valence-electron chi connectivity index (χ2n) is 2.78. The van der Waals surface area contributed by atoms with Crippen molar-refractivity contribution in [1.29, 1.82) is 0 Å². The Morgan fingerprint density at radius 3 is 2.73 bits per heavy atom. The molecule has 0 spiro atoms. The maximum absolute atomic E-state index is 11.0. The fourth-order valence-corrected chi connectivity index (χ4v) is 1.93. The van der Waals surface area contributed by atoms with Crippen LogP contribution in [0.2, 0.25) is 5.02 Å². The van der Waals surface area contributed by atoms with Crippen LogP contribution in [-0.4, -0.2) is 18.8 Å². The Bertz CT molecular complexity index is 316. The number of carbonyl (C=O) groups is 1. The summed E-state index contributed by atoms with van der Waals surface area (Å²) < 4.78 is 0. The SMILES string of the molecule is CONC(=O)CCSc1ccc(Cl)cc1. The Hall–Kier alpha value is -0.710. The van der Waals surface area contributed by atoms with Gasteiger partial charge < -0.3 is 0 Å². The van der Waals surface area contributed by atoms with Crippen LogP contribution < -0.4 is 5.48 Å². The molecule has 0 radical (unpaired) electrons. The summed E-state index contributed by atoms with van der Waals surface area (Å²) >= 11 is 7.36. The lowest BCUT2D eigenvalue weighted by atomic mass is 10.4. The first-order chi connectivity index (χ1) is 7.22. The molecule has 1 rings (SSSR count). The summed E-state index contributed by atoms with van der Waals surface area (Å²) in [6, 6.07) is 7.53. The summed E-state index contributed by atoms with van der Waals surface area (Å²) in [5.74, 6) is 0.607. The van der Waals surface area contributed by atoms with Crippen molar-refractivity contribution in [2.75, 3.05) is 12.9 Å². The largest absolute Gasteiger partial charge is 0.277 e. The lowest BCUT2D eigenvalue weighted by molar-refractivity contribution is -0.130. The summed E-state index contributed by atoms with van der Waals surface area (Å²) in [6.07, 6.45) is 0.432. The molecule has 0 aliphatic heterocycles. The Labute approximate surface area is 98.1 Å². The van der Waals surface area contributed by atoms with Gasteiger partial charge in [0, 0.05) is 22.1 Å². The lowest BCUT2D eigenvalue weighted by Gasteiger charge is -2.02. The van der Waals surface area contributed by atoms with E-state index in [0.717, 1.165) is 15.7 Å². The van der Waals surface area contributed by atoms with Gasteiger partial charge in [0.25, 0.3) is 0 Å². The zero-order chi connectivity index (χ0) is 11.1. The molecule has 0 fully saturated rings. The Kier molecular flexibility index (Phi) is 5.53. The number of hydrogen-bond acceptors (Lipinski definition) is 3. The second-order valence-corrected chi connectivity index (χ2v) is 4.39. The van der Waals surface area contributed by atoms with Gasteiger partial charge in [-0.2, -0.15) is 0 Å². The van der Waals surface area contributed by atoms with Gasteiger partial charge in [-0.1, -0.05) is 11.6 Å². The van der Waals surface area contributed by atoms with Crippen molar-refractivity contribution in [1.82, 2.24) is 5.48 Å². The molecule has 0 bridgehead atoms. The molecule has 3 nitrogen and oxygen atoms in total. The molecular weight excluding hydrogens is 234 g/mol. The van der Waals surface area contributed by atoms with Crippen LogP contribution in [0.15, 0.2) is 29.2 Å². The monoisotopic (exact) mass is 245 g/mol. The van der Waals surface area contributed by atoms with Crippen molar-refractivity contribution in [3.8, 4) is 0 Å². The van der Waals surface area contributed by atoms with Crippen LogP contribution >= 0.6 is 23.4 Å². The van der Waals surface area contributed by atoms with Crippen molar-refractivity contribution in [2.24, 2.45) is 0 Å². The molecule has 0 aromatic heterocycles. The molecular formula is C10H12ClNO2S. The zero-order valence-corrected chi connectivity index (χ0v) is 9.90. The molecule has 0 aliphatic carbocycles. The predicted octanol–water partition coefficient (Wildman–Crippen LogP) is 2.50. The van der Waals surface area contributed by atoms with Gasteiger partial charge in [-0.05, 0) is 24.3 Å². The van der Waals surface area contributed by atoms with E-state index in [1.165, 1.54) is 7.11 Å². The van der Waals surface area contributed by atoms with Gasteiger partial charge in [0.05, 0.1) is 7.11 Å². The Morgan fingerprint density at radius 1 is 1.47 bits per heavy atom. The number of halogens is 1.